The van der Waals surface area contributed by atoms with Crippen molar-refractivity contribution in [2.24, 2.45) is 0 Å². The minimum absolute atomic E-state index is 0.198. The van der Waals surface area contributed by atoms with Crippen LogP contribution in [-0.4, -0.2) is 47.6 Å². The monoisotopic (exact) mass is 501 g/mol. The van der Waals surface area contributed by atoms with E-state index in [0.29, 0.717) is 12.2 Å². The third kappa shape index (κ3) is 4.71. The molecule has 0 unspecified atom stereocenters. The fraction of sp³-hybridized carbons (Fsp3) is 0.300. The van der Waals surface area contributed by atoms with Crippen molar-refractivity contribution in [3.8, 4) is 38.8 Å². The van der Waals surface area contributed by atoms with E-state index in [-0.39, 0.29) is 11.5 Å². The second-order valence-corrected chi connectivity index (χ2v) is 10.6. The molecule has 1 fully saturated rings. The maximum Gasteiger partial charge on any atom is 0.150 e. The standard InChI is InChI=1S/C30H31NO4S/c1-19-16-22(18-32)27(20(2)29(19)35-15-14-31-12-4-3-5-13-31)28-25-11-10-24(34)17-26(25)36-30(28)21-6-8-23(33)9-7-21/h6-11,16-18,33-34H,3-5,12-15H2,1-2H3. The van der Waals surface area contributed by atoms with E-state index in [0.717, 1.165) is 74.5 Å². The lowest BCUT2D eigenvalue weighted by molar-refractivity contribution is 0.112. The van der Waals surface area contributed by atoms with Crippen LogP contribution in [0, 0.1) is 13.8 Å². The average Bonchev–Trinajstić information content (AvgIpc) is 3.24. The molecule has 6 heteroatoms. The number of carbonyl (C=O) groups excluding carboxylic acids is 1. The molecular weight excluding hydrogens is 470 g/mol. The Balaban J connectivity index is 1.63. The SMILES string of the molecule is Cc1cc(C=O)c(-c2c(-c3ccc(O)cc3)sc3cc(O)ccc23)c(C)c1OCCN1CCCCC1. The van der Waals surface area contributed by atoms with Crippen molar-refractivity contribution in [1.29, 1.82) is 0 Å². The molecule has 0 atom stereocenters. The Kier molecular flexibility index (Phi) is 6.99. The number of carbonyl (C=O) groups is 1. The van der Waals surface area contributed by atoms with Crippen LogP contribution in [0.3, 0.4) is 0 Å². The first-order valence-electron chi connectivity index (χ1n) is 12.5. The molecular formula is C30H31NO4S. The summed E-state index contributed by atoms with van der Waals surface area (Å²) in [4.78, 5) is 15.8. The van der Waals surface area contributed by atoms with Crippen LogP contribution in [0.25, 0.3) is 31.7 Å². The van der Waals surface area contributed by atoms with Gasteiger partial charge in [-0.3, -0.25) is 9.69 Å². The van der Waals surface area contributed by atoms with E-state index in [2.05, 4.69) is 4.90 Å². The molecule has 0 radical (unpaired) electrons. The van der Waals surface area contributed by atoms with E-state index in [4.69, 9.17) is 4.74 Å². The van der Waals surface area contributed by atoms with Gasteiger partial charge in [0.15, 0.2) is 6.29 Å². The Labute approximate surface area is 215 Å². The molecule has 0 spiro atoms. The van der Waals surface area contributed by atoms with Crippen LogP contribution >= 0.6 is 11.3 Å². The Bertz CT molecular complexity index is 1400. The number of ether oxygens (including phenoxy) is 1. The third-order valence-electron chi connectivity index (χ3n) is 7.02. The van der Waals surface area contributed by atoms with Crippen LogP contribution in [0.1, 0.15) is 40.7 Å². The maximum atomic E-state index is 12.3. The molecule has 0 saturated carbocycles. The summed E-state index contributed by atoms with van der Waals surface area (Å²) in [5.41, 5.74) is 5.22. The zero-order valence-electron chi connectivity index (χ0n) is 20.7. The smallest absolute Gasteiger partial charge is 0.150 e. The number of rotatable bonds is 7. The molecule has 3 aromatic carbocycles. The van der Waals surface area contributed by atoms with Crippen molar-refractivity contribution in [3.05, 3.63) is 65.2 Å². The van der Waals surface area contributed by atoms with Gasteiger partial charge in [0.05, 0.1) is 0 Å². The Morgan fingerprint density at radius 2 is 1.67 bits per heavy atom. The van der Waals surface area contributed by atoms with Gasteiger partial charge in [0.25, 0.3) is 0 Å². The molecule has 5 rings (SSSR count). The number of likely N-dealkylation sites (tertiary alicyclic amines) is 1. The second kappa shape index (κ2) is 10.3. The van der Waals surface area contributed by atoms with Crippen LogP contribution in [-0.2, 0) is 0 Å². The number of nitrogens with zero attached hydrogens (tertiary/aromatic N) is 1. The van der Waals surface area contributed by atoms with Gasteiger partial charge in [0.2, 0.25) is 0 Å². The summed E-state index contributed by atoms with van der Waals surface area (Å²) >= 11 is 1.56. The maximum absolute atomic E-state index is 12.3. The van der Waals surface area contributed by atoms with Gasteiger partial charge in [-0.1, -0.05) is 6.42 Å². The van der Waals surface area contributed by atoms with Gasteiger partial charge in [-0.15, -0.1) is 11.3 Å². The highest BCUT2D eigenvalue weighted by molar-refractivity contribution is 7.23. The van der Waals surface area contributed by atoms with Crippen LogP contribution < -0.4 is 4.74 Å². The molecule has 0 aliphatic carbocycles. The van der Waals surface area contributed by atoms with Gasteiger partial charge in [-0.2, -0.15) is 0 Å². The summed E-state index contributed by atoms with van der Waals surface area (Å²) in [5.74, 6) is 1.22. The molecule has 1 aliphatic heterocycles. The van der Waals surface area contributed by atoms with E-state index in [1.54, 1.807) is 35.6 Å². The van der Waals surface area contributed by atoms with Crippen molar-refractivity contribution in [2.75, 3.05) is 26.2 Å². The number of phenols is 2. The highest BCUT2D eigenvalue weighted by atomic mass is 32.1. The van der Waals surface area contributed by atoms with Crippen LogP contribution in [0.4, 0.5) is 0 Å². The van der Waals surface area contributed by atoms with Gasteiger partial charge >= 0.3 is 0 Å². The fourth-order valence-electron chi connectivity index (χ4n) is 5.25. The lowest BCUT2D eigenvalue weighted by atomic mass is 9.89. The summed E-state index contributed by atoms with van der Waals surface area (Å²) in [7, 11) is 0. The van der Waals surface area contributed by atoms with Crippen molar-refractivity contribution < 1.29 is 19.7 Å². The molecule has 1 aliphatic rings. The van der Waals surface area contributed by atoms with E-state index in [9.17, 15) is 15.0 Å². The topological polar surface area (TPSA) is 70.0 Å². The lowest BCUT2D eigenvalue weighted by Gasteiger charge is -2.26. The van der Waals surface area contributed by atoms with Crippen LogP contribution in [0.5, 0.6) is 17.2 Å². The zero-order chi connectivity index (χ0) is 25.2. The molecule has 1 saturated heterocycles. The Hall–Kier alpha value is -3.35. The zero-order valence-corrected chi connectivity index (χ0v) is 21.5. The van der Waals surface area contributed by atoms with E-state index >= 15 is 0 Å². The first-order chi connectivity index (χ1) is 17.5. The number of aldehydes is 1. The van der Waals surface area contributed by atoms with E-state index in [1.807, 2.05) is 38.1 Å². The predicted molar refractivity (Wildman–Crippen MR) is 147 cm³/mol. The minimum Gasteiger partial charge on any atom is -0.508 e. The summed E-state index contributed by atoms with van der Waals surface area (Å²) in [5, 5.41) is 20.9. The van der Waals surface area contributed by atoms with Crippen molar-refractivity contribution in [1.82, 2.24) is 4.90 Å². The van der Waals surface area contributed by atoms with Gasteiger partial charge in [-0.25, -0.2) is 0 Å². The molecule has 5 nitrogen and oxygen atoms in total. The molecule has 1 aromatic heterocycles. The molecule has 2 heterocycles. The van der Waals surface area contributed by atoms with Gasteiger partial charge < -0.3 is 14.9 Å². The first-order valence-corrected chi connectivity index (χ1v) is 13.3. The minimum atomic E-state index is 0.198. The van der Waals surface area contributed by atoms with Crippen LogP contribution in [0.15, 0.2) is 48.5 Å². The number of fused-ring (bicyclic) bond motifs is 1. The van der Waals surface area contributed by atoms with Gasteiger partial charge in [0.1, 0.15) is 23.9 Å². The molecule has 186 valence electrons. The number of thiophene rings is 1. The lowest BCUT2D eigenvalue weighted by Crippen LogP contribution is -2.33. The number of benzene rings is 3. The largest absolute Gasteiger partial charge is 0.508 e. The molecule has 0 amide bonds. The Morgan fingerprint density at radius 3 is 2.39 bits per heavy atom. The fourth-order valence-corrected chi connectivity index (χ4v) is 6.50. The second-order valence-electron chi connectivity index (χ2n) is 9.51. The predicted octanol–water partition coefficient (Wildman–Crippen LogP) is 6.94. The Morgan fingerprint density at radius 1 is 0.944 bits per heavy atom. The van der Waals surface area contributed by atoms with Crippen LogP contribution in [0.2, 0.25) is 0 Å². The van der Waals surface area contributed by atoms with Crippen molar-refractivity contribution in [3.63, 3.8) is 0 Å². The van der Waals surface area contributed by atoms with Crippen molar-refractivity contribution in [2.45, 2.75) is 33.1 Å². The first kappa shape index (κ1) is 24.3. The summed E-state index contributed by atoms with van der Waals surface area (Å²) < 4.78 is 7.30. The molecule has 0 bridgehead atoms. The quantitative estimate of drug-likeness (QED) is 0.268. The number of aryl methyl sites for hydroxylation is 1. The number of aromatic hydroxyl groups is 2. The molecule has 2 N–H and O–H groups in total. The highest BCUT2D eigenvalue weighted by Crippen LogP contribution is 2.49. The van der Waals surface area contributed by atoms with E-state index in [1.165, 1.54) is 19.3 Å². The molecule has 36 heavy (non-hydrogen) atoms. The average molecular weight is 502 g/mol. The molecule has 4 aromatic rings. The number of hydrogen-bond acceptors (Lipinski definition) is 6. The third-order valence-corrected chi connectivity index (χ3v) is 8.22. The number of hydrogen-bond donors (Lipinski definition) is 2. The van der Waals surface area contributed by atoms with Crippen molar-refractivity contribution >= 4 is 27.7 Å². The highest BCUT2D eigenvalue weighted by Gasteiger charge is 2.23. The summed E-state index contributed by atoms with van der Waals surface area (Å²) in [6, 6.07) is 14.3. The number of phenolic OH excluding ortho intramolecular Hbond substituents is 2. The van der Waals surface area contributed by atoms with E-state index < -0.39 is 0 Å². The number of piperidine rings is 1. The normalized spacial score (nSPS) is 14.3. The summed E-state index contributed by atoms with van der Waals surface area (Å²) in [6.45, 7) is 7.76. The van der Waals surface area contributed by atoms with Gasteiger partial charge in [-0.05, 0) is 105 Å². The summed E-state index contributed by atoms with van der Waals surface area (Å²) in [6.07, 6.45) is 4.72. The van der Waals surface area contributed by atoms with Gasteiger partial charge in [0, 0.05) is 38.2 Å².